The zero-order valence-electron chi connectivity index (χ0n) is 23.4. The summed E-state index contributed by atoms with van der Waals surface area (Å²) in [5, 5.41) is 9.78. The molecule has 0 aromatic heterocycles. The molecule has 10 heteroatoms. The first-order chi connectivity index (χ1) is 17.6. The Morgan fingerprint density at radius 2 is 1.34 bits per heavy atom. The summed E-state index contributed by atoms with van der Waals surface area (Å²) in [6.45, 7) is 11.4. The van der Waals surface area contributed by atoms with Gasteiger partial charge in [0.2, 0.25) is 0 Å². The van der Waals surface area contributed by atoms with Crippen LogP contribution < -0.4 is 0 Å². The van der Waals surface area contributed by atoms with E-state index in [9.17, 15) is 19.3 Å². The van der Waals surface area contributed by atoms with Crippen LogP contribution in [0.2, 0.25) is 18.1 Å². The SMILES string of the molecule is COC(=O)[C@](C)(C[C@@H](O[Si](C)(C)C(C)(C)C)C(=O)O)CP(=O)(OCc1ccccc1)OCc1ccccc1. The molecule has 0 fully saturated rings. The van der Waals surface area contributed by atoms with Crippen LogP contribution >= 0.6 is 7.60 Å². The third-order valence-corrected chi connectivity index (χ3v) is 13.5. The molecule has 0 amide bonds. The number of methoxy groups -OCH3 is 1. The van der Waals surface area contributed by atoms with Gasteiger partial charge in [-0.05, 0) is 42.6 Å². The van der Waals surface area contributed by atoms with Gasteiger partial charge < -0.3 is 23.3 Å². The van der Waals surface area contributed by atoms with Crippen LogP contribution in [0.25, 0.3) is 0 Å². The Balaban J connectivity index is 2.38. The van der Waals surface area contributed by atoms with Crippen LogP contribution in [0.1, 0.15) is 45.2 Å². The topological polar surface area (TPSA) is 108 Å². The van der Waals surface area contributed by atoms with E-state index >= 15 is 0 Å². The van der Waals surface area contributed by atoms with Crippen LogP contribution in [0.5, 0.6) is 0 Å². The van der Waals surface area contributed by atoms with E-state index in [0.717, 1.165) is 11.1 Å². The maximum Gasteiger partial charge on any atom is 0.332 e. The molecule has 0 unspecified atom stereocenters. The second-order valence-electron chi connectivity index (χ2n) is 11.2. The van der Waals surface area contributed by atoms with Crippen LogP contribution in [0.15, 0.2) is 60.7 Å². The van der Waals surface area contributed by atoms with Crippen molar-refractivity contribution in [2.24, 2.45) is 5.41 Å². The van der Waals surface area contributed by atoms with E-state index in [1.54, 1.807) is 0 Å². The fourth-order valence-electron chi connectivity index (χ4n) is 3.63. The maximum atomic E-state index is 14.2. The number of carbonyl (C=O) groups excluding carboxylic acids is 1. The largest absolute Gasteiger partial charge is 0.479 e. The summed E-state index contributed by atoms with van der Waals surface area (Å²) in [6, 6.07) is 18.4. The summed E-state index contributed by atoms with van der Waals surface area (Å²) in [4.78, 5) is 25.4. The van der Waals surface area contributed by atoms with Gasteiger partial charge in [-0.2, -0.15) is 0 Å². The molecule has 2 atom stereocenters. The Hall–Kier alpha value is -2.29. The molecule has 0 saturated carbocycles. The summed E-state index contributed by atoms with van der Waals surface area (Å²) in [5.74, 6) is -1.91. The van der Waals surface area contributed by atoms with Crippen LogP contribution in [0.4, 0.5) is 0 Å². The molecule has 0 heterocycles. The molecule has 210 valence electrons. The number of aliphatic carboxylic acids is 1. The molecule has 0 aliphatic rings. The van der Waals surface area contributed by atoms with Gasteiger partial charge in [0.15, 0.2) is 8.32 Å². The number of carbonyl (C=O) groups is 2. The second kappa shape index (κ2) is 13.2. The fourth-order valence-corrected chi connectivity index (χ4v) is 6.94. The average molecular weight is 565 g/mol. The van der Waals surface area contributed by atoms with Crippen molar-refractivity contribution in [2.75, 3.05) is 13.3 Å². The number of hydrogen-bond acceptors (Lipinski definition) is 7. The third-order valence-electron chi connectivity index (χ3n) is 6.92. The van der Waals surface area contributed by atoms with E-state index in [2.05, 4.69) is 0 Å². The minimum Gasteiger partial charge on any atom is -0.479 e. The monoisotopic (exact) mass is 564 g/mol. The molecule has 0 aliphatic carbocycles. The number of carboxylic acid groups (broad SMARTS) is 1. The molecule has 0 radical (unpaired) electrons. The van der Waals surface area contributed by atoms with Gasteiger partial charge in [0.05, 0.1) is 31.9 Å². The Morgan fingerprint density at radius 1 is 0.895 bits per heavy atom. The van der Waals surface area contributed by atoms with E-state index in [1.807, 2.05) is 94.5 Å². The van der Waals surface area contributed by atoms with E-state index in [4.69, 9.17) is 18.2 Å². The normalized spacial score (nSPS) is 14.9. The van der Waals surface area contributed by atoms with E-state index < -0.39 is 39.4 Å². The first-order valence-electron chi connectivity index (χ1n) is 12.6. The smallest absolute Gasteiger partial charge is 0.332 e. The van der Waals surface area contributed by atoms with Crippen molar-refractivity contribution in [3.63, 3.8) is 0 Å². The standard InChI is InChI=1S/C28H41O8PSi/c1-27(2,3)38(6,7)36-24(25(29)30)18-28(4,26(31)33-5)21-37(32,34-19-22-14-10-8-11-15-22)35-20-23-16-12-9-13-17-23/h8-17,24H,18-21H2,1-7H3,(H,29,30)/t24-,28-/m1/s1. The lowest BCUT2D eigenvalue weighted by molar-refractivity contribution is -0.156. The summed E-state index contributed by atoms with van der Waals surface area (Å²) in [5.41, 5.74) is 0.0317. The van der Waals surface area contributed by atoms with E-state index in [-0.39, 0.29) is 30.8 Å². The number of esters is 1. The van der Waals surface area contributed by atoms with Crippen LogP contribution in [-0.4, -0.2) is 44.7 Å². The number of hydrogen-bond donors (Lipinski definition) is 1. The molecule has 1 N–H and O–H groups in total. The minimum absolute atomic E-state index is 0.00696. The van der Waals surface area contributed by atoms with Crippen molar-refractivity contribution in [1.29, 1.82) is 0 Å². The molecule has 2 aromatic rings. The van der Waals surface area contributed by atoms with Gasteiger partial charge in [-0.1, -0.05) is 81.4 Å². The number of benzene rings is 2. The van der Waals surface area contributed by atoms with Gasteiger partial charge in [0.1, 0.15) is 6.10 Å². The lowest BCUT2D eigenvalue weighted by atomic mass is 9.86. The van der Waals surface area contributed by atoms with Crippen molar-refractivity contribution >= 4 is 27.9 Å². The maximum absolute atomic E-state index is 14.2. The minimum atomic E-state index is -3.95. The van der Waals surface area contributed by atoms with Gasteiger partial charge >= 0.3 is 19.5 Å². The Bertz CT molecular complexity index is 1050. The molecular formula is C28H41O8PSi. The predicted octanol–water partition coefficient (Wildman–Crippen LogP) is 6.66. The highest BCUT2D eigenvalue weighted by molar-refractivity contribution is 7.53. The van der Waals surface area contributed by atoms with Crippen molar-refractivity contribution in [3.8, 4) is 0 Å². The molecule has 8 nitrogen and oxygen atoms in total. The molecule has 0 bridgehead atoms. The highest BCUT2D eigenvalue weighted by Gasteiger charge is 2.49. The Kier molecular flexibility index (Phi) is 11.1. The van der Waals surface area contributed by atoms with Crippen LogP contribution in [0.3, 0.4) is 0 Å². The second-order valence-corrected chi connectivity index (χ2v) is 18.1. The van der Waals surface area contributed by atoms with Crippen molar-refractivity contribution < 1.29 is 37.5 Å². The summed E-state index contributed by atoms with van der Waals surface area (Å²) < 4.78 is 37.1. The Labute approximate surface area is 227 Å². The first-order valence-corrected chi connectivity index (χ1v) is 17.2. The highest BCUT2D eigenvalue weighted by atomic mass is 31.2. The number of rotatable bonds is 14. The van der Waals surface area contributed by atoms with Crippen molar-refractivity contribution in [2.45, 2.75) is 71.6 Å². The zero-order chi connectivity index (χ0) is 28.6. The summed E-state index contributed by atoms with van der Waals surface area (Å²) >= 11 is 0. The predicted molar refractivity (Wildman–Crippen MR) is 149 cm³/mol. The first kappa shape index (κ1) is 31.9. The zero-order valence-corrected chi connectivity index (χ0v) is 25.3. The van der Waals surface area contributed by atoms with Gasteiger partial charge in [-0.3, -0.25) is 9.36 Å². The molecule has 0 aliphatic heterocycles. The number of ether oxygens (including phenoxy) is 1. The lowest BCUT2D eigenvalue weighted by Crippen LogP contribution is -2.49. The van der Waals surface area contributed by atoms with E-state index in [1.165, 1.54) is 14.0 Å². The Morgan fingerprint density at radius 3 is 1.71 bits per heavy atom. The molecule has 2 aromatic carbocycles. The van der Waals surface area contributed by atoms with Gasteiger partial charge in [-0.15, -0.1) is 0 Å². The van der Waals surface area contributed by atoms with E-state index in [0.29, 0.717) is 0 Å². The average Bonchev–Trinajstić information content (AvgIpc) is 2.86. The van der Waals surface area contributed by atoms with Gasteiger partial charge in [-0.25, -0.2) is 4.79 Å². The fraction of sp³-hybridized carbons (Fsp3) is 0.500. The van der Waals surface area contributed by atoms with Gasteiger partial charge in [0, 0.05) is 0 Å². The quantitative estimate of drug-likeness (QED) is 0.154. The highest BCUT2D eigenvalue weighted by Crippen LogP contribution is 2.55. The van der Waals surface area contributed by atoms with Gasteiger partial charge in [0.25, 0.3) is 0 Å². The molecule has 2 rings (SSSR count). The lowest BCUT2D eigenvalue weighted by Gasteiger charge is -2.40. The summed E-state index contributed by atoms with van der Waals surface area (Å²) in [7, 11) is -5.25. The molecular weight excluding hydrogens is 523 g/mol. The van der Waals surface area contributed by atoms with Crippen molar-refractivity contribution in [3.05, 3.63) is 71.8 Å². The van der Waals surface area contributed by atoms with Crippen LogP contribution in [-0.2, 0) is 45.6 Å². The molecule has 0 spiro atoms. The molecule has 38 heavy (non-hydrogen) atoms. The van der Waals surface area contributed by atoms with Crippen LogP contribution in [0, 0.1) is 5.41 Å². The summed E-state index contributed by atoms with van der Waals surface area (Å²) in [6.07, 6.45) is -1.94. The van der Waals surface area contributed by atoms with Crippen molar-refractivity contribution in [1.82, 2.24) is 0 Å². The molecule has 0 saturated heterocycles. The third kappa shape index (κ3) is 9.17. The number of carboxylic acids is 1.